The van der Waals surface area contributed by atoms with E-state index in [1.165, 1.54) is 12.8 Å². The van der Waals surface area contributed by atoms with Gasteiger partial charge in [-0.3, -0.25) is 0 Å². The van der Waals surface area contributed by atoms with Gasteiger partial charge >= 0.3 is 11.9 Å². The van der Waals surface area contributed by atoms with E-state index in [-0.39, 0.29) is 29.6 Å². The summed E-state index contributed by atoms with van der Waals surface area (Å²) in [5, 5.41) is 0. The molecule has 0 N–H and O–H groups in total. The van der Waals surface area contributed by atoms with Gasteiger partial charge in [0.2, 0.25) is 0 Å². The average molecular weight is 655 g/mol. The van der Waals surface area contributed by atoms with E-state index in [0.717, 1.165) is 38.8 Å². The standard InChI is InChI=1S/C37H70N2O7/c1-27(2)31-13-11-29(5)19-33(31)45-35(40)21-38(7,8)15-17-42-23-37(25-44-26-37)24-43-18-16-39(9,10)22-36(41)46-34-20-30(6)12-14-32(34)28(3)4/h27-34H,11-26H2,1-10H3/q+2/t29-,30-,31-,32+,33-,34-/m1/s1. The summed E-state index contributed by atoms with van der Waals surface area (Å²) in [6.45, 7) is 19.1. The number of carbonyl (C=O) groups is 2. The van der Waals surface area contributed by atoms with Crippen LogP contribution in [0.2, 0.25) is 0 Å². The number of rotatable bonds is 18. The number of hydrogen-bond acceptors (Lipinski definition) is 7. The molecule has 1 heterocycles. The molecule has 9 nitrogen and oxygen atoms in total. The van der Waals surface area contributed by atoms with Crippen molar-refractivity contribution in [3.8, 4) is 0 Å². The Morgan fingerprint density at radius 1 is 0.696 bits per heavy atom. The summed E-state index contributed by atoms with van der Waals surface area (Å²) in [5.41, 5.74) is -0.140. The zero-order valence-electron chi connectivity index (χ0n) is 31.2. The van der Waals surface area contributed by atoms with Crippen molar-refractivity contribution in [1.29, 1.82) is 0 Å². The summed E-state index contributed by atoms with van der Waals surface area (Å²) in [5.74, 6) is 2.96. The molecule has 9 heteroatoms. The molecule has 0 unspecified atom stereocenters. The number of likely N-dealkylation sites (N-methyl/N-ethyl adjacent to an activating group) is 2. The van der Waals surface area contributed by atoms with Crippen LogP contribution in [0.3, 0.4) is 0 Å². The van der Waals surface area contributed by atoms with Crippen LogP contribution in [0.4, 0.5) is 0 Å². The van der Waals surface area contributed by atoms with Crippen LogP contribution in [0.15, 0.2) is 0 Å². The van der Waals surface area contributed by atoms with Crippen molar-refractivity contribution >= 4 is 11.9 Å². The SMILES string of the molecule is CC(C)[C@H]1CC[C@@H](C)C[C@H]1OC(=O)C[N+](C)(C)CCOCC1(COCC[N+](C)(C)CC(=O)O[C@@H]2C[C@H](C)CC[C@H]2C(C)C)COC1. The molecule has 3 fully saturated rings. The first-order valence-corrected chi connectivity index (χ1v) is 18.3. The molecule has 0 aromatic heterocycles. The molecule has 3 rings (SSSR count). The molecular weight excluding hydrogens is 584 g/mol. The largest absolute Gasteiger partial charge is 0.458 e. The van der Waals surface area contributed by atoms with Gasteiger partial charge in [-0.1, -0.05) is 54.4 Å². The topological polar surface area (TPSA) is 80.3 Å². The third kappa shape index (κ3) is 12.6. The van der Waals surface area contributed by atoms with Gasteiger partial charge in [0.05, 0.1) is 73.2 Å². The van der Waals surface area contributed by atoms with Crippen LogP contribution >= 0.6 is 0 Å². The number of hydrogen-bond donors (Lipinski definition) is 0. The van der Waals surface area contributed by atoms with Gasteiger partial charge in [-0.2, -0.15) is 0 Å². The van der Waals surface area contributed by atoms with Crippen LogP contribution < -0.4 is 0 Å². The average Bonchev–Trinajstić information content (AvgIpc) is 2.90. The second-order valence-corrected chi connectivity index (χ2v) is 17.4. The molecule has 0 radical (unpaired) electrons. The zero-order chi connectivity index (χ0) is 34.1. The predicted molar refractivity (Wildman–Crippen MR) is 181 cm³/mol. The molecule has 2 aliphatic carbocycles. The summed E-state index contributed by atoms with van der Waals surface area (Å²) in [4.78, 5) is 25.9. The van der Waals surface area contributed by atoms with E-state index in [9.17, 15) is 9.59 Å². The molecule has 3 aliphatic rings. The summed E-state index contributed by atoms with van der Waals surface area (Å²) in [7, 11) is 8.25. The quantitative estimate of drug-likeness (QED) is 0.114. The molecule has 268 valence electrons. The highest BCUT2D eigenvalue weighted by Crippen LogP contribution is 2.36. The van der Waals surface area contributed by atoms with Gasteiger partial charge in [0, 0.05) is 0 Å². The van der Waals surface area contributed by atoms with Gasteiger partial charge in [-0.15, -0.1) is 0 Å². The van der Waals surface area contributed by atoms with Gasteiger partial charge in [-0.05, 0) is 61.2 Å². The van der Waals surface area contributed by atoms with E-state index in [1.807, 2.05) is 0 Å². The van der Waals surface area contributed by atoms with Crippen LogP contribution in [-0.2, 0) is 33.3 Å². The molecule has 0 spiro atoms. The van der Waals surface area contributed by atoms with Crippen molar-refractivity contribution in [3.63, 3.8) is 0 Å². The monoisotopic (exact) mass is 655 g/mol. The fraction of sp³-hybridized carbons (Fsp3) is 0.946. The number of nitrogens with zero attached hydrogens (tertiary/aromatic N) is 2. The Labute approximate surface area is 281 Å². The number of carbonyl (C=O) groups excluding carboxylic acids is 2. The van der Waals surface area contributed by atoms with Crippen LogP contribution in [-0.4, -0.2) is 127 Å². The summed E-state index contributed by atoms with van der Waals surface area (Å²) < 4.78 is 31.0. The molecule has 0 aromatic rings. The smallest absolute Gasteiger partial charge is 0.362 e. The third-order valence-corrected chi connectivity index (χ3v) is 10.9. The maximum atomic E-state index is 12.9. The Kier molecular flexibility index (Phi) is 14.8. The van der Waals surface area contributed by atoms with Crippen LogP contribution in [0.25, 0.3) is 0 Å². The molecule has 46 heavy (non-hydrogen) atoms. The highest BCUT2D eigenvalue weighted by Gasteiger charge is 2.40. The van der Waals surface area contributed by atoms with Crippen LogP contribution in [0.1, 0.15) is 80.1 Å². The molecular formula is C37H70N2O7+2. The van der Waals surface area contributed by atoms with Gasteiger partial charge in [0.1, 0.15) is 25.3 Å². The Bertz CT molecular complexity index is 878. The molecule has 1 saturated heterocycles. The van der Waals surface area contributed by atoms with E-state index in [2.05, 4.69) is 69.7 Å². The lowest BCUT2D eigenvalue weighted by Crippen LogP contribution is -2.52. The lowest BCUT2D eigenvalue weighted by Gasteiger charge is -2.41. The minimum atomic E-state index is -0.140. The number of esters is 2. The summed E-state index contributed by atoms with van der Waals surface area (Å²) in [6, 6.07) is 0. The maximum Gasteiger partial charge on any atom is 0.362 e. The minimum absolute atomic E-state index is 0.0344. The first-order chi connectivity index (χ1) is 21.5. The number of ether oxygens (including phenoxy) is 5. The lowest BCUT2D eigenvalue weighted by atomic mass is 9.75. The molecule has 2 saturated carbocycles. The van der Waals surface area contributed by atoms with Crippen molar-refractivity contribution in [1.82, 2.24) is 0 Å². The number of quaternary nitrogens is 2. The lowest BCUT2D eigenvalue weighted by molar-refractivity contribution is -0.883. The second kappa shape index (κ2) is 17.4. The van der Waals surface area contributed by atoms with Gasteiger partial charge < -0.3 is 32.7 Å². The Balaban J connectivity index is 1.33. The van der Waals surface area contributed by atoms with Gasteiger partial charge in [0.15, 0.2) is 13.1 Å². The molecule has 0 amide bonds. The highest BCUT2D eigenvalue weighted by molar-refractivity contribution is 5.71. The molecule has 0 aromatic carbocycles. The van der Waals surface area contributed by atoms with E-state index in [0.29, 0.717) is 97.2 Å². The zero-order valence-corrected chi connectivity index (χ0v) is 31.2. The fourth-order valence-electron chi connectivity index (χ4n) is 7.57. The molecule has 6 atom stereocenters. The molecule has 0 bridgehead atoms. The van der Waals surface area contributed by atoms with E-state index >= 15 is 0 Å². The van der Waals surface area contributed by atoms with Crippen molar-refractivity contribution < 1.29 is 42.2 Å². The Morgan fingerprint density at radius 3 is 1.41 bits per heavy atom. The summed E-state index contributed by atoms with van der Waals surface area (Å²) in [6.07, 6.45) is 6.74. The van der Waals surface area contributed by atoms with Crippen molar-refractivity contribution in [3.05, 3.63) is 0 Å². The van der Waals surface area contributed by atoms with Crippen molar-refractivity contribution in [2.75, 3.05) is 94.0 Å². The Morgan fingerprint density at radius 2 is 1.09 bits per heavy atom. The van der Waals surface area contributed by atoms with Crippen molar-refractivity contribution in [2.45, 2.75) is 92.3 Å². The highest BCUT2D eigenvalue weighted by atomic mass is 16.6. The first-order valence-electron chi connectivity index (χ1n) is 18.3. The fourth-order valence-corrected chi connectivity index (χ4v) is 7.57. The first kappa shape index (κ1) is 39.2. The second-order valence-electron chi connectivity index (χ2n) is 17.4. The van der Waals surface area contributed by atoms with Crippen molar-refractivity contribution in [2.24, 2.45) is 40.9 Å². The van der Waals surface area contributed by atoms with E-state index in [4.69, 9.17) is 23.7 Å². The van der Waals surface area contributed by atoms with E-state index < -0.39 is 0 Å². The third-order valence-electron chi connectivity index (χ3n) is 10.9. The van der Waals surface area contributed by atoms with E-state index in [1.54, 1.807) is 0 Å². The Hall–Kier alpha value is -1.26. The minimum Gasteiger partial charge on any atom is -0.458 e. The predicted octanol–water partition coefficient (Wildman–Crippen LogP) is 5.20. The molecule has 1 aliphatic heterocycles. The van der Waals surface area contributed by atoms with Crippen LogP contribution in [0, 0.1) is 40.9 Å². The maximum absolute atomic E-state index is 12.9. The normalized spacial score (nSPS) is 28.6. The van der Waals surface area contributed by atoms with Gasteiger partial charge in [-0.25, -0.2) is 9.59 Å². The van der Waals surface area contributed by atoms with Crippen LogP contribution in [0.5, 0.6) is 0 Å². The van der Waals surface area contributed by atoms with Gasteiger partial charge in [0.25, 0.3) is 0 Å². The summed E-state index contributed by atoms with van der Waals surface area (Å²) >= 11 is 0.